The molecule has 0 aromatic heterocycles. The molecular formula is C17H23N3O2S. The molecule has 2 aliphatic heterocycles. The van der Waals surface area contributed by atoms with E-state index in [4.69, 9.17) is 0 Å². The molecule has 1 aromatic rings. The van der Waals surface area contributed by atoms with Crippen LogP contribution in [0.1, 0.15) is 13.8 Å². The van der Waals surface area contributed by atoms with Crippen molar-refractivity contribution >= 4 is 29.3 Å². The molecule has 2 amide bonds. The molecule has 0 unspecified atom stereocenters. The summed E-state index contributed by atoms with van der Waals surface area (Å²) in [5, 5.41) is 0. The van der Waals surface area contributed by atoms with Crippen LogP contribution in [0, 0.1) is 0 Å². The molecule has 0 saturated carbocycles. The first-order chi connectivity index (χ1) is 11.0. The maximum absolute atomic E-state index is 13.1. The van der Waals surface area contributed by atoms with Crippen molar-refractivity contribution in [2.75, 3.05) is 44.7 Å². The number of nitrogens with zero attached hydrogens (tertiary/aromatic N) is 3. The highest BCUT2D eigenvalue weighted by Crippen LogP contribution is 2.45. The van der Waals surface area contributed by atoms with Gasteiger partial charge in [-0.15, -0.1) is 0 Å². The number of rotatable bonds is 2. The summed E-state index contributed by atoms with van der Waals surface area (Å²) >= 11 is 1.38. The van der Waals surface area contributed by atoms with Gasteiger partial charge in [0.25, 0.3) is 5.91 Å². The van der Waals surface area contributed by atoms with E-state index in [9.17, 15) is 9.59 Å². The van der Waals surface area contributed by atoms with Crippen LogP contribution in [0.25, 0.3) is 0 Å². The van der Waals surface area contributed by atoms with E-state index in [1.165, 1.54) is 11.8 Å². The van der Waals surface area contributed by atoms with Crippen molar-refractivity contribution in [1.29, 1.82) is 0 Å². The molecule has 0 bridgehead atoms. The third-order valence-corrected chi connectivity index (χ3v) is 6.09. The lowest BCUT2D eigenvalue weighted by Crippen LogP contribution is -2.59. The molecule has 1 atom stereocenters. The Bertz CT molecular complexity index is 628. The van der Waals surface area contributed by atoms with Crippen LogP contribution in [-0.4, -0.2) is 66.1 Å². The van der Waals surface area contributed by atoms with Gasteiger partial charge in [-0.25, -0.2) is 0 Å². The molecule has 6 heteroatoms. The highest BCUT2D eigenvalue weighted by atomic mass is 32.2. The summed E-state index contributed by atoms with van der Waals surface area (Å²) in [6.45, 7) is 8.05. The Hall–Kier alpha value is -1.53. The van der Waals surface area contributed by atoms with Gasteiger partial charge in [0.05, 0.1) is 5.69 Å². The fourth-order valence-electron chi connectivity index (χ4n) is 3.22. The van der Waals surface area contributed by atoms with Crippen molar-refractivity contribution in [3.05, 3.63) is 24.3 Å². The van der Waals surface area contributed by atoms with Gasteiger partial charge < -0.3 is 14.7 Å². The van der Waals surface area contributed by atoms with Crippen molar-refractivity contribution in [2.24, 2.45) is 0 Å². The Balaban J connectivity index is 1.84. The van der Waals surface area contributed by atoms with Crippen LogP contribution >= 0.6 is 11.8 Å². The summed E-state index contributed by atoms with van der Waals surface area (Å²) in [6, 6.07) is 7.76. The molecule has 1 saturated heterocycles. The van der Waals surface area contributed by atoms with Gasteiger partial charge in [-0.1, -0.05) is 30.8 Å². The fourth-order valence-corrected chi connectivity index (χ4v) is 4.55. The molecular weight excluding hydrogens is 310 g/mol. The summed E-state index contributed by atoms with van der Waals surface area (Å²) in [7, 11) is 1.75. The van der Waals surface area contributed by atoms with Crippen LogP contribution < -0.4 is 4.90 Å². The molecule has 1 fully saturated rings. The zero-order chi connectivity index (χ0) is 16.6. The van der Waals surface area contributed by atoms with Gasteiger partial charge in [0.15, 0.2) is 4.75 Å². The van der Waals surface area contributed by atoms with Gasteiger partial charge in [-0.2, -0.15) is 0 Å². The first-order valence-electron chi connectivity index (χ1n) is 8.05. The number of hydrogen-bond acceptors (Lipinski definition) is 4. The molecule has 0 spiro atoms. The van der Waals surface area contributed by atoms with Crippen LogP contribution in [-0.2, 0) is 9.59 Å². The van der Waals surface area contributed by atoms with Crippen molar-refractivity contribution in [2.45, 2.75) is 23.5 Å². The lowest BCUT2D eigenvalue weighted by Gasteiger charge is -2.42. The first kappa shape index (κ1) is 16.3. The number of carbonyl (C=O) groups excluding carboxylic acids is 2. The normalized spacial score (nSPS) is 25.4. The average Bonchev–Trinajstić information content (AvgIpc) is 2.59. The lowest BCUT2D eigenvalue weighted by atomic mass is 10.1. The summed E-state index contributed by atoms with van der Waals surface area (Å²) < 4.78 is -1.07. The Kier molecular flexibility index (Phi) is 4.38. The molecule has 2 heterocycles. The molecule has 124 valence electrons. The molecule has 0 aliphatic carbocycles. The largest absolute Gasteiger partial charge is 0.338 e. The van der Waals surface area contributed by atoms with E-state index in [0.717, 1.165) is 30.2 Å². The minimum absolute atomic E-state index is 0.0652. The van der Waals surface area contributed by atoms with E-state index in [0.29, 0.717) is 13.1 Å². The predicted octanol–water partition coefficient (Wildman–Crippen LogP) is 1.68. The van der Waals surface area contributed by atoms with Crippen molar-refractivity contribution in [3.63, 3.8) is 0 Å². The SMILES string of the molecule is CCN1CCN(C(=O)[C@]2(C)Sc3ccccc3N(C)C2=O)CC1. The Morgan fingerprint density at radius 1 is 1.22 bits per heavy atom. The van der Waals surface area contributed by atoms with Crippen LogP contribution in [0.4, 0.5) is 5.69 Å². The van der Waals surface area contributed by atoms with E-state index in [-0.39, 0.29) is 11.8 Å². The Labute approximate surface area is 141 Å². The van der Waals surface area contributed by atoms with Crippen molar-refractivity contribution in [3.8, 4) is 0 Å². The third kappa shape index (κ3) is 2.74. The second-order valence-electron chi connectivity index (χ2n) is 6.19. The topological polar surface area (TPSA) is 43.9 Å². The van der Waals surface area contributed by atoms with Gasteiger partial charge in [0.2, 0.25) is 5.91 Å². The zero-order valence-electron chi connectivity index (χ0n) is 13.9. The molecule has 23 heavy (non-hydrogen) atoms. The third-order valence-electron chi connectivity index (χ3n) is 4.77. The van der Waals surface area contributed by atoms with Gasteiger partial charge in [0.1, 0.15) is 0 Å². The number of piperazine rings is 1. The van der Waals surface area contributed by atoms with Crippen molar-refractivity contribution in [1.82, 2.24) is 9.80 Å². The summed E-state index contributed by atoms with van der Waals surface area (Å²) in [5.74, 6) is -0.200. The van der Waals surface area contributed by atoms with Gasteiger partial charge in [-0.3, -0.25) is 9.59 Å². The van der Waals surface area contributed by atoms with E-state index in [2.05, 4.69) is 11.8 Å². The number of para-hydroxylation sites is 1. The van der Waals surface area contributed by atoms with Crippen LogP contribution in [0.5, 0.6) is 0 Å². The highest BCUT2D eigenvalue weighted by molar-refractivity contribution is 8.02. The summed E-state index contributed by atoms with van der Waals surface area (Å²) in [4.78, 5) is 32.7. The minimum Gasteiger partial charge on any atom is -0.338 e. The number of anilines is 1. The number of thioether (sulfide) groups is 1. The summed E-state index contributed by atoms with van der Waals surface area (Å²) in [5.41, 5.74) is 0.878. The Morgan fingerprint density at radius 2 is 1.87 bits per heavy atom. The molecule has 2 aliphatic rings. The van der Waals surface area contributed by atoms with Crippen LogP contribution in [0.15, 0.2) is 29.2 Å². The van der Waals surface area contributed by atoms with E-state index in [1.807, 2.05) is 29.2 Å². The van der Waals surface area contributed by atoms with Crippen molar-refractivity contribution < 1.29 is 9.59 Å². The molecule has 5 nitrogen and oxygen atoms in total. The minimum atomic E-state index is -1.07. The lowest BCUT2D eigenvalue weighted by molar-refractivity contribution is -0.139. The first-order valence-corrected chi connectivity index (χ1v) is 8.87. The summed E-state index contributed by atoms with van der Waals surface area (Å²) in [6.07, 6.45) is 0. The number of amides is 2. The standard InChI is InChI=1S/C17H23N3O2S/c1-4-19-9-11-20(12-10-19)16(22)17(2)15(21)18(3)13-7-5-6-8-14(13)23-17/h5-8H,4,9-12H2,1-3H3/t17-/m1/s1. The number of hydrogen-bond donors (Lipinski definition) is 0. The average molecular weight is 333 g/mol. The van der Waals surface area contributed by atoms with E-state index in [1.54, 1.807) is 18.9 Å². The van der Waals surface area contributed by atoms with Gasteiger partial charge in [0, 0.05) is 38.1 Å². The number of carbonyl (C=O) groups is 2. The van der Waals surface area contributed by atoms with E-state index >= 15 is 0 Å². The van der Waals surface area contributed by atoms with Crippen LogP contribution in [0.3, 0.4) is 0 Å². The maximum Gasteiger partial charge on any atom is 0.252 e. The zero-order valence-corrected chi connectivity index (χ0v) is 14.7. The second kappa shape index (κ2) is 6.17. The van der Waals surface area contributed by atoms with Gasteiger partial charge >= 0.3 is 0 Å². The van der Waals surface area contributed by atoms with E-state index < -0.39 is 4.75 Å². The number of likely N-dealkylation sites (N-methyl/N-ethyl adjacent to an activating group) is 1. The second-order valence-corrected chi connectivity index (χ2v) is 7.65. The van der Waals surface area contributed by atoms with Crippen LogP contribution in [0.2, 0.25) is 0 Å². The van der Waals surface area contributed by atoms with Gasteiger partial charge in [-0.05, 0) is 25.6 Å². The smallest absolute Gasteiger partial charge is 0.252 e. The molecule has 1 aromatic carbocycles. The molecule has 3 rings (SSSR count). The molecule has 0 N–H and O–H groups in total. The predicted molar refractivity (Wildman–Crippen MR) is 92.8 cm³/mol. The maximum atomic E-state index is 13.1. The Morgan fingerprint density at radius 3 is 2.52 bits per heavy atom. The molecule has 0 radical (unpaired) electrons. The fraction of sp³-hybridized carbons (Fsp3) is 0.529. The number of fused-ring (bicyclic) bond motifs is 1. The number of benzene rings is 1. The highest BCUT2D eigenvalue weighted by Gasteiger charge is 2.50. The monoisotopic (exact) mass is 333 g/mol. The quantitative estimate of drug-likeness (QED) is 0.773.